The van der Waals surface area contributed by atoms with Gasteiger partial charge < -0.3 is 5.32 Å². The zero-order valence-electron chi connectivity index (χ0n) is 7.83. The van der Waals surface area contributed by atoms with Crippen LogP contribution >= 0.6 is 12.6 Å². The van der Waals surface area contributed by atoms with Crippen LogP contribution in [0.3, 0.4) is 0 Å². The second kappa shape index (κ2) is 5.37. The average molecular weight is 224 g/mol. The molecule has 0 unspecified atom stereocenters. The number of nitriles is 1. The number of carbonyl (C=O) groups excluding carboxylic acids is 1. The lowest BCUT2D eigenvalue weighted by atomic mass is 10.2. The lowest BCUT2D eigenvalue weighted by molar-refractivity contribution is -0.115. The Morgan fingerprint density at radius 3 is 2.93 bits per heavy atom. The number of hydrogen-bond donors (Lipinski definition) is 2. The Kier molecular flexibility index (Phi) is 4.13. The highest BCUT2D eigenvalue weighted by Gasteiger charge is 2.06. The SMILES string of the molecule is N#Cc1cc(F)ccc1NC(=O)CCS. The summed E-state index contributed by atoms with van der Waals surface area (Å²) in [5.74, 6) is -0.318. The third kappa shape index (κ3) is 3.26. The largest absolute Gasteiger partial charge is 0.325 e. The van der Waals surface area contributed by atoms with E-state index in [1.54, 1.807) is 0 Å². The summed E-state index contributed by atoms with van der Waals surface area (Å²) in [7, 11) is 0. The van der Waals surface area contributed by atoms with Gasteiger partial charge in [0, 0.05) is 6.42 Å². The van der Waals surface area contributed by atoms with Crippen molar-refractivity contribution in [3.8, 4) is 6.07 Å². The third-order valence-corrected chi connectivity index (χ3v) is 1.94. The Balaban J connectivity index is 2.86. The summed E-state index contributed by atoms with van der Waals surface area (Å²) >= 11 is 3.91. The van der Waals surface area contributed by atoms with Crippen LogP contribution in [0, 0.1) is 17.1 Å². The first-order chi connectivity index (χ1) is 7.17. The standard InChI is InChI=1S/C10H9FN2OS/c11-8-1-2-9(7(5-8)6-12)13-10(14)3-4-15/h1-2,5,15H,3-4H2,(H,13,14). The fourth-order valence-corrected chi connectivity index (χ4v) is 1.24. The monoisotopic (exact) mass is 224 g/mol. The molecule has 1 aromatic rings. The number of benzene rings is 1. The predicted molar refractivity (Wildman–Crippen MR) is 58.2 cm³/mol. The summed E-state index contributed by atoms with van der Waals surface area (Å²) in [6.07, 6.45) is 0.255. The highest BCUT2D eigenvalue weighted by Crippen LogP contribution is 2.16. The first kappa shape index (κ1) is 11.5. The van der Waals surface area contributed by atoms with Crippen molar-refractivity contribution in [2.75, 3.05) is 11.1 Å². The molecule has 1 amide bonds. The number of rotatable bonds is 3. The first-order valence-electron chi connectivity index (χ1n) is 4.27. The molecule has 15 heavy (non-hydrogen) atoms. The molecule has 1 rings (SSSR count). The highest BCUT2D eigenvalue weighted by molar-refractivity contribution is 7.80. The van der Waals surface area contributed by atoms with E-state index in [0.717, 1.165) is 6.07 Å². The van der Waals surface area contributed by atoms with Crippen LogP contribution in [-0.4, -0.2) is 11.7 Å². The Bertz CT molecular complexity index is 414. The van der Waals surface area contributed by atoms with Gasteiger partial charge in [0.15, 0.2) is 0 Å². The molecule has 1 aromatic carbocycles. The van der Waals surface area contributed by atoms with Gasteiger partial charge in [-0.25, -0.2) is 4.39 Å². The van der Waals surface area contributed by atoms with Gasteiger partial charge in [-0.15, -0.1) is 0 Å². The van der Waals surface area contributed by atoms with E-state index < -0.39 is 5.82 Å². The minimum absolute atomic E-state index is 0.113. The summed E-state index contributed by atoms with van der Waals surface area (Å²) in [5, 5.41) is 11.2. The number of halogens is 1. The number of anilines is 1. The highest BCUT2D eigenvalue weighted by atomic mass is 32.1. The van der Waals surface area contributed by atoms with Crippen molar-refractivity contribution in [1.82, 2.24) is 0 Å². The van der Waals surface area contributed by atoms with E-state index in [9.17, 15) is 9.18 Å². The fourth-order valence-electron chi connectivity index (χ4n) is 1.03. The Labute approximate surface area is 92.3 Å². The van der Waals surface area contributed by atoms with E-state index >= 15 is 0 Å². The fraction of sp³-hybridized carbons (Fsp3) is 0.200. The molecule has 0 atom stereocenters. The van der Waals surface area contributed by atoms with E-state index in [0.29, 0.717) is 11.4 Å². The Morgan fingerprint density at radius 2 is 2.33 bits per heavy atom. The van der Waals surface area contributed by atoms with Crippen molar-refractivity contribution in [3.05, 3.63) is 29.6 Å². The molecule has 1 N–H and O–H groups in total. The summed E-state index contributed by atoms with van der Waals surface area (Å²) in [4.78, 5) is 11.2. The summed E-state index contributed by atoms with van der Waals surface area (Å²) in [6, 6.07) is 5.45. The van der Waals surface area contributed by atoms with Crippen molar-refractivity contribution in [2.45, 2.75) is 6.42 Å². The molecule has 78 valence electrons. The van der Waals surface area contributed by atoms with E-state index in [2.05, 4.69) is 17.9 Å². The van der Waals surface area contributed by atoms with Crippen LogP contribution in [0.1, 0.15) is 12.0 Å². The first-order valence-corrected chi connectivity index (χ1v) is 4.91. The molecular formula is C10H9FN2OS. The molecule has 0 radical (unpaired) electrons. The zero-order chi connectivity index (χ0) is 11.3. The number of carbonyl (C=O) groups is 1. The van der Waals surface area contributed by atoms with Crippen molar-refractivity contribution in [3.63, 3.8) is 0 Å². The minimum Gasteiger partial charge on any atom is -0.325 e. The number of thiol groups is 1. The van der Waals surface area contributed by atoms with Gasteiger partial charge in [-0.3, -0.25) is 4.79 Å². The molecule has 0 spiro atoms. The molecule has 0 aliphatic carbocycles. The van der Waals surface area contributed by atoms with Crippen LogP contribution in [0.2, 0.25) is 0 Å². The van der Waals surface area contributed by atoms with E-state index in [1.807, 2.05) is 6.07 Å². The Morgan fingerprint density at radius 1 is 1.60 bits per heavy atom. The number of nitrogens with one attached hydrogen (secondary N) is 1. The number of nitrogens with zero attached hydrogens (tertiary/aromatic N) is 1. The van der Waals surface area contributed by atoms with Crippen molar-refractivity contribution < 1.29 is 9.18 Å². The lowest BCUT2D eigenvalue weighted by Gasteiger charge is -2.05. The molecular weight excluding hydrogens is 215 g/mol. The smallest absolute Gasteiger partial charge is 0.225 e. The summed E-state index contributed by atoms with van der Waals surface area (Å²) in [5.41, 5.74) is 0.438. The second-order valence-electron chi connectivity index (χ2n) is 2.82. The topological polar surface area (TPSA) is 52.9 Å². The number of amides is 1. The normalized spacial score (nSPS) is 9.40. The molecule has 0 heterocycles. The second-order valence-corrected chi connectivity index (χ2v) is 3.27. The van der Waals surface area contributed by atoms with Crippen LogP contribution in [0.15, 0.2) is 18.2 Å². The van der Waals surface area contributed by atoms with Gasteiger partial charge in [-0.2, -0.15) is 17.9 Å². The van der Waals surface area contributed by atoms with Gasteiger partial charge in [0.2, 0.25) is 5.91 Å². The molecule has 0 fully saturated rings. The van der Waals surface area contributed by atoms with Gasteiger partial charge in [-0.05, 0) is 24.0 Å². The van der Waals surface area contributed by atoms with Gasteiger partial charge in [0.05, 0.1) is 11.3 Å². The van der Waals surface area contributed by atoms with Gasteiger partial charge in [-0.1, -0.05) is 0 Å². The van der Waals surface area contributed by atoms with Crippen molar-refractivity contribution in [1.29, 1.82) is 5.26 Å². The van der Waals surface area contributed by atoms with E-state index in [-0.39, 0.29) is 17.9 Å². The summed E-state index contributed by atoms with van der Waals surface area (Å²) in [6.45, 7) is 0. The quantitative estimate of drug-likeness (QED) is 0.771. The van der Waals surface area contributed by atoms with Crippen LogP contribution < -0.4 is 5.32 Å². The molecule has 0 aliphatic heterocycles. The Hall–Kier alpha value is -1.54. The van der Waals surface area contributed by atoms with Crippen LogP contribution in [0.4, 0.5) is 10.1 Å². The maximum atomic E-state index is 12.7. The minimum atomic E-state index is -0.501. The molecule has 3 nitrogen and oxygen atoms in total. The molecule has 0 aliphatic rings. The van der Waals surface area contributed by atoms with Crippen LogP contribution in [0.25, 0.3) is 0 Å². The molecule has 0 saturated carbocycles. The maximum absolute atomic E-state index is 12.7. The van der Waals surface area contributed by atoms with Gasteiger partial charge >= 0.3 is 0 Å². The van der Waals surface area contributed by atoms with Crippen molar-refractivity contribution in [2.24, 2.45) is 0 Å². The maximum Gasteiger partial charge on any atom is 0.225 e. The lowest BCUT2D eigenvalue weighted by Crippen LogP contribution is -2.12. The predicted octanol–water partition coefficient (Wildman–Crippen LogP) is 1.96. The molecule has 0 aromatic heterocycles. The molecule has 5 heteroatoms. The van der Waals surface area contributed by atoms with E-state index in [1.165, 1.54) is 12.1 Å². The van der Waals surface area contributed by atoms with Crippen LogP contribution in [-0.2, 0) is 4.79 Å². The average Bonchev–Trinajstić information content (AvgIpc) is 2.21. The molecule has 0 bridgehead atoms. The van der Waals surface area contributed by atoms with E-state index in [4.69, 9.17) is 5.26 Å². The third-order valence-electron chi connectivity index (χ3n) is 1.72. The zero-order valence-corrected chi connectivity index (χ0v) is 8.72. The van der Waals surface area contributed by atoms with Crippen molar-refractivity contribution >= 4 is 24.2 Å². The van der Waals surface area contributed by atoms with Gasteiger partial charge in [0.25, 0.3) is 0 Å². The molecule has 0 saturated heterocycles. The number of hydrogen-bond acceptors (Lipinski definition) is 3. The van der Waals surface area contributed by atoms with Crippen LogP contribution in [0.5, 0.6) is 0 Å². The van der Waals surface area contributed by atoms with Gasteiger partial charge in [0.1, 0.15) is 11.9 Å². The summed E-state index contributed by atoms with van der Waals surface area (Å²) < 4.78 is 12.7.